The van der Waals surface area contributed by atoms with E-state index in [-0.39, 0.29) is 17.5 Å². The third-order valence-electron chi connectivity index (χ3n) is 3.27. The number of carbonyl (C=O) groups excluding carboxylic acids is 1. The van der Waals surface area contributed by atoms with Gasteiger partial charge in [0.2, 0.25) is 0 Å². The number of rotatable bonds is 4. The number of carbonyl (C=O) groups is 1. The smallest absolute Gasteiger partial charge is 0.158 e. The molecular formula is C15H20O3. The summed E-state index contributed by atoms with van der Waals surface area (Å²) in [7, 11) is 0. The van der Waals surface area contributed by atoms with Gasteiger partial charge < -0.3 is 9.15 Å². The van der Waals surface area contributed by atoms with E-state index < -0.39 is 0 Å². The first kappa shape index (κ1) is 13.1. The van der Waals surface area contributed by atoms with Crippen molar-refractivity contribution >= 4 is 5.78 Å². The predicted octanol–water partition coefficient (Wildman–Crippen LogP) is 3.82. The van der Waals surface area contributed by atoms with Gasteiger partial charge in [-0.15, -0.1) is 0 Å². The SMILES string of the molecule is CC(C)=CC(=O)C[C@]1(C)CC[C@H](c2ccoc2)O1. The highest BCUT2D eigenvalue weighted by Crippen LogP contribution is 2.41. The Kier molecular flexibility index (Phi) is 3.71. The van der Waals surface area contributed by atoms with Crippen molar-refractivity contribution < 1.29 is 13.9 Å². The maximum absolute atomic E-state index is 11.8. The molecule has 1 aromatic heterocycles. The zero-order valence-electron chi connectivity index (χ0n) is 11.2. The van der Waals surface area contributed by atoms with E-state index >= 15 is 0 Å². The lowest BCUT2D eigenvalue weighted by atomic mass is 9.95. The molecule has 1 fully saturated rings. The molecule has 1 aliphatic heterocycles. The molecule has 1 saturated heterocycles. The van der Waals surface area contributed by atoms with Gasteiger partial charge in [0.25, 0.3) is 0 Å². The van der Waals surface area contributed by atoms with Crippen molar-refractivity contribution in [1.82, 2.24) is 0 Å². The summed E-state index contributed by atoms with van der Waals surface area (Å²) in [4.78, 5) is 11.8. The van der Waals surface area contributed by atoms with Gasteiger partial charge in [0.05, 0.1) is 24.2 Å². The summed E-state index contributed by atoms with van der Waals surface area (Å²) in [5.74, 6) is 0.144. The summed E-state index contributed by atoms with van der Waals surface area (Å²) in [5.41, 5.74) is 1.76. The molecule has 0 bridgehead atoms. The minimum absolute atomic E-state index is 0.0632. The van der Waals surface area contributed by atoms with Gasteiger partial charge in [0.15, 0.2) is 5.78 Å². The van der Waals surface area contributed by atoms with Crippen LogP contribution >= 0.6 is 0 Å². The number of ether oxygens (including phenoxy) is 1. The van der Waals surface area contributed by atoms with Gasteiger partial charge in [-0.3, -0.25) is 4.79 Å². The molecular weight excluding hydrogens is 228 g/mol. The maximum Gasteiger partial charge on any atom is 0.158 e. The largest absolute Gasteiger partial charge is 0.472 e. The molecule has 2 atom stereocenters. The van der Waals surface area contributed by atoms with Crippen LogP contribution < -0.4 is 0 Å². The zero-order chi connectivity index (χ0) is 13.2. The minimum atomic E-state index is -0.342. The van der Waals surface area contributed by atoms with Gasteiger partial charge in [-0.2, -0.15) is 0 Å². The fraction of sp³-hybridized carbons (Fsp3) is 0.533. The molecule has 3 heteroatoms. The summed E-state index contributed by atoms with van der Waals surface area (Å²) in [5, 5.41) is 0. The molecule has 0 aliphatic carbocycles. The molecule has 98 valence electrons. The predicted molar refractivity (Wildman–Crippen MR) is 69.2 cm³/mol. The molecule has 0 unspecified atom stereocenters. The van der Waals surface area contributed by atoms with Crippen molar-refractivity contribution in [2.45, 2.75) is 51.7 Å². The van der Waals surface area contributed by atoms with Crippen LogP contribution in [0.3, 0.4) is 0 Å². The van der Waals surface area contributed by atoms with Crippen LogP contribution in [0.5, 0.6) is 0 Å². The lowest BCUT2D eigenvalue weighted by molar-refractivity contribution is -0.121. The van der Waals surface area contributed by atoms with Crippen molar-refractivity contribution in [2.75, 3.05) is 0 Å². The summed E-state index contributed by atoms with van der Waals surface area (Å²) >= 11 is 0. The molecule has 2 rings (SSSR count). The Morgan fingerprint density at radius 2 is 2.33 bits per heavy atom. The van der Waals surface area contributed by atoms with Crippen LogP contribution in [0, 0.1) is 0 Å². The van der Waals surface area contributed by atoms with Gasteiger partial charge in [-0.25, -0.2) is 0 Å². The fourth-order valence-corrected chi connectivity index (χ4v) is 2.46. The van der Waals surface area contributed by atoms with Gasteiger partial charge in [-0.05, 0) is 45.8 Å². The second kappa shape index (κ2) is 5.11. The van der Waals surface area contributed by atoms with Crippen LogP contribution in [0.1, 0.15) is 51.7 Å². The number of ketones is 1. The van der Waals surface area contributed by atoms with Crippen molar-refractivity contribution in [3.8, 4) is 0 Å². The second-order valence-corrected chi connectivity index (χ2v) is 5.52. The van der Waals surface area contributed by atoms with Crippen molar-refractivity contribution in [2.24, 2.45) is 0 Å². The average molecular weight is 248 g/mol. The molecule has 1 aromatic rings. The average Bonchev–Trinajstić information content (AvgIpc) is 2.84. The maximum atomic E-state index is 11.8. The molecule has 0 radical (unpaired) electrons. The van der Waals surface area contributed by atoms with Crippen molar-refractivity contribution in [1.29, 1.82) is 0 Å². The van der Waals surface area contributed by atoms with Gasteiger partial charge >= 0.3 is 0 Å². The van der Waals surface area contributed by atoms with Crippen molar-refractivity contribution in [3.05, 3.63) is 35.8 Å². The first-order valence-corrected chi connectivity index (χ1v) is 6.36. The highest BCUT2D eigenvalue weighted by molar-refractivity contribution is 5.90. The monoisotopic (exact) mass is 248 g/mol. The normalized spacial score (nSPS) is 27.2. The Morgan fingerprint density at radius 1 is 1.56 bits per heavy atom. The summed E-state index contributed by atoms with van der Waals surface area (Å²) in [6.07, 6.45) is 7.43. The van der Waals surface area contributed by atoms with E-state index in [1.807, 2.05) is 26.8 Å². The Labute approximate surface area is 108 Å². The molecule has 0 aromatic carbocycles. The van der Waals surface area contributed by atoms with Crippen LogP contribution in [-0.2, 0) is 9.53 Å². The number of furan rings is 1. The minimum Gasteiger partial charge on any atom is -0.472 e. The van der Waals surface area contributed by atoms with Gasteiger partial charge in [0.1, 0.15) is 0 Å². The quantitative estimate of drug-likeness (QED) is 0.760. The Bertz CT molecular complexity index is 440. The lowest BCUT2D eigenvalue weighted by Crippen LogP contribution is -2.26. The van der Waals surface area contributed by atoms with Crippen LogP contribution in [-0.4, -0.2) is 11.4 Å². The number of hydrogen-bond acceptors (Lipinski definition) is 3. The third-order valence-corrected chi connectivity index (χ3v) is 3.27. The lowest BCUT2D eigenvalue weighted by Gasteiger charge is -2.23. The highest BCUT2D eigenvalue weighted by atomic mass is 16.5. The first-order valence-electron chi connectivity index (χ1n) is 6.36. The Hall–Kier alpha value is -1.35. The zero-order valence-corrected chi connectivity index (χ0v) is 11.2. The van der Waals surface area contributed by atoms with Gasteiger partial charge in [-0.1, -0.05) is 5.57 Å². The summed E-state index contributed by atoms with van der Waals surface area (Å²) < 4.78 is 11.1. The topological polar surface area (TPSA) is 39.4 Å². The third kappa shape index (κ3) is 3.10. The first-order chi connectivity index (χ1) is 8.48. The van der Waals surface area contributed by atoms with Crippen molar-refractivity contribution in [3.63, 3.8) is 0 Å². The molecule has 0 saturated carbocycles. The van der Waals surface area contributed by atoms with E-state index in [0.717, 1.165) is 24.0 Å². The molecule has 2 heterocycles. The summed E-state index contributed by atoms with van der Waals surface area (Å²) in [6.45, 7) is 5.89. The van der Waals surface area contributed by atoms with Crippen LogP contribution in [0.2, 0.25) is 0 Å². The standard InChI is InChI=1S/C15H20O3/c1-11(2)8-13(16)9-15(3)6-4-14(18-15)12-5-7-17-10-12/h5,7-8,10,14H,4,6,9H2,1-3H3/t14-,15+/m1/s1. The molecule has 0 amide bonds. The van der Waals surface area contributed by atoms with E-state index in [4.69, 9.17) is 9.15 Å². The van der Waals surface area contributed by atoms with E-state index in [1.54, 1.807) is 18.6 Å². The van der Waals surface area contributed by atoms with Crippen LogP contribution in [0.25, 0.3) is 0 Å². The van der Waals surface area contributed by atoms with Gasteiger partial charge in [0, 0.05) is 12.0 Å². The van der Waals surface area contributed by atoms with Crippen LogP contribution in [0.4, 0.5) is 0 Å². The number of allylic oxidation sites excluding steroid dienone is 2. The Morgan fingerprint density at radius 3 is 2.94 bits per heavy atom. The highest BCUT2D eigenvalue weighted by Gasteiger charge is 2.38. The second-order valence-electron chi connectivity index (χ2n) is 5.52. The summed E-state index contributed by atoms with van der Waals surface area (Å²) in [6, 6.07) is 1.92. The Balaban J connectivity index is 1.98. The van der Waals surface area contributed by atoms with E-state index in [0.29, 0.717) is 6.42 Å². The number of hydrogen-bond donors (Lipinski definition) is 0. The molecule has 18 heavy (non-hydrogen) atoms. The molecule has 0 spiro atoms. The van der Waals surface area contributed by atoms with Crippen LogP contribution in [0.15, 0.2) is 34.7 Å². The van der Waals surface area contributed by atoms with E-state index in [1.165, 1.54) is 0 Å². The fourth-order valence-electron chi connectivity index (χ4n) is 2.46. The molecule has 0 N–H and O–H groups in total. The molecule has 3 nitrogen and oxygen atoms in total. The molecule has 1 aliphatic rings. The van der Waals surface area contributed by atoms with E-state index in [2.05, 4.69) is 0 Å². The van der Waals surface area contributed by atoms with E-state index in [9.17, 15) is 4.79 Å².